The van der Waals surface area contributed by atoms with Crippen LogP contribution in [0.3, 0.4) is 0 Å². The number of aromatic nitrogens is 4. The summed E-state index contributed by atoms with van der Waals surface area (Å²) in [6, 6.07) is 8.67. The lowest BCUT2D eigenvalue weighted by atomic mass is 10.2. The van der Waals surface area contributed by atoms with E-state index >= 15 is 0 Å². The maximum atomic E-state index is 12.7. The minimum absolute atomic E-state index is 0.257. The zero-order valence-electron chi connectivity index (χ0n) is 16.0. The fraction of sp³-hybridized carbons (Fsp3) is 0.300. The van der Waals surface area contributed by atoms with Gasteiger partial charge in [-0.05, 0) is 37.1 Å². The van der Waals surface area contributed by atoms with E-state index in [0.29, 0.717) is 41.8 Å². The van der Waals surface area contributed by atoms with E-state index in [-0.39, 0.29) is 5.91 Å². The van der Waals surface area contributed by atoms with Gasteiger partial charge in [-0.25, -0.2) is 14.6 Å². The van der Waals surface area contributed by atoms with Crippen molar-refractivity contribution >= 4 is 11.6 Å². The van der Waals surface area contributed by atoms with E-state index < -0.39 is 0 Å². The summed E-state index contributed by atoms with van der Waals surface area (Å²) >= 11 is 0. The molecular weight excluding hydrogens is 358 g/mol. The molecule has 3 rings (SSSR count). The lowest BCUT2D eigenvalue weighted by Crippen LogP contribution is -2.13. The maximum absolute atomic E-state index is 12.7. The fourth-order valence-corrected chi connectivity index (χ4v) is 2.46. The molecule has 0 unspecified atom stereocenters. The van der Waals surface area contributed by atoms with Crippen LogP contribution in [0.1, 0.15) is 37.0 Å². The van der Waals surface area contributed by atoms with Gasteiger partial charge in [0.15, 0.2) is 17.3 Å². The Kier molecular flexibility index (Phi) is 6.56. The Labute approximate surface area is 163 Å². The van der Waals surface area contributed by atoms with E-state index in [1.807, 2.05) is 19.9 Å². The number of ether oxygens (including phenoxy) is 2. The third kappa shape index (κ3) is 4.85. The maximum Gasteiger partial charge on any atom is 0.255 e. The number of hydrogen-bond donors (Lipinski definition) is 1. The summed E-state index contributed by atoms with van der Waals surface area (Å²) in [4.78, 5) is 20.8. The predicted octanol–water partition coefficient (Wildman–Crippen LogP) is 3.49. The van der Waals surface area contributed by atoms with Crippen molar-refractivity contribution in [1.82, 2.24) is 19.7 Å². The summed E-state index contributed by atoms with van der Waals surface area (Å²) in [5.74, 6) is 1.55. The Bertz CT molecular complexity index is 912. The Balaban J connectivity index is 1.77. The number of rotatable bonds is 9. The Hall–Kier alpha value is -3.42. The molecule has 8 nitrogen and oxygen atoms in total. The second-order valence-electron chi connectivity index (χ2n) is 6.06. The fourth-order valence-electron chi connectivity index (χ4n) is 2.46. The molecular formula is C20H23N5O3. The standard InChI is InChI=1S/C20H23N5O3/c1-3-9-27-17-6-5-16(12-18(17)28-10-4-2)24-20(26)15-7-8-22-19(11-15)25-14-21-13-23-25/h5-8,11-14H,3-4,9-10H2,1-2H3,(H,24,26). The molecule has 0 radical (unpaired) electrons. The summed E-state index contributed by atoms with van der Waals surface area (Å²) in [7, 11) is 0. The highest BCUT2D eigenvalue weighted by molar-refractivity contribution is 6.04. The Morgan fingerprint density at radius 3 is 2.57 bits per heavy atom. The third-order valence-corrected chi connectivity index (χ3v) is 3.79. The van der Waals surface area contributed by atoms with Gasteiger partial charge >= 0.3 is 0 Å². The van der Waals surface area contributed by atoms with E-state index in [1.165, 1.54) is 17.3 Å². The molecule has 0 aliphatic carbocycles. The van der Waals surface area contributed by atoms with Gasteiger partial charge in [-0.15, -0.1) is 0 Å². The van der Waals surface area contributed by atoms with Crippen LogP contribution >= 0.6 is 0 Å². The number of carbonyl (C=O) groups is 1. The summed E-state index contributed by atoms with van der Waals surface area (Å²) in [6.45, 7) is 5.26. The highest BCUT2D eigenvalue weighted by Crippen LogP contribution is 2.31. The highest BCUT2D eigenvalue weighted by atomic mass is 16.5. The van der Waals surface area contributed by atoms with E-state index in [1.54, 1.807) is 30.5 Å². The normalized spacial score (nSPS) is 10.5. The first-order valence-electron chi connectivity index (χ1n) is 9.23. The van der Waals surface area contributed by atoms with Gasteiger partial charge in [0.25, 0.3) is 5.91 Å². The monoisotopic (exact) mass is 381 g/mol. The minimum atomic E-state index is -0.257. The molecule has 0 atom stereocenters. The number of amides is 1. The molecule has 1 aromatic carbocycles. The van der Waals surface area contributed by atoms with E-state index in [9.17, 15) is 4.79 Å². The second kappa shape index (κ2) is 9.50. The van der Waals surface area contributed by atoms with Crippen molar-refractivity contribution in [2.45, 2.75) is 26.7 Å². The number of hydrogen-bond acceptors (Lipinski definition) is 6. The Morgan fingerprint density at radius 1 is 1.07 bits per heavy atom. The van der Waals surface area contributed by atoms with Crippen molar-refractivity contribution in [3.63, 3.8) is 0 Å². The molecule has 1 N–H and O–H groups in total. The highest BCUT2D eigenvalue weighted by Gasteiger charge is 2.12. The van der Waals surface area contributed by atoms with Crippen molar-refractivity contribution in [1.29, 1.82) is 0 Å². The molecule has 0 spiro atoms. The molecule has 0 bridgehead atoms. The molecule has 1 amide bonds. The van der Waals surface area contributed by atoms with Crippen LogP contribution < -0.4 is 14.8 Å². The number of nitrogens with one attached hydrogen (secondary N) is 1. The average molecular weight is 381 g/mol. The van der Waals surface area contributed by atoms with Crippen LogP contribution in [0, 0.1) is 0 Å². The van der Waals surface area contributed by atoms with Gasteiger partial charge in [0.2, 0.25) is 0 Å². The zero-order chi connectivity index (χ0) is 19.8. The molecule has 0 aliphatic rings. The van der Waals surface area contributed by atoms with Gasteiger partial charge < -0.3 is 14.8 Å². The quantitative estimate of drug-likeness (QED) is 0.610. The number of carbonyl (C=O) groups excluding carboxylic acids is 1. The van der Waals surface area contributed by atoms with Crippen LogP contribution in [-0.2, 0) is 0 Å². The van der Waals surface area contributed by atoms with Crippen LogP contribution in [0.15, 0.2) is 49.2 Å². The Morgan fingerprint density at radius 2 is 1.86 bits per heavy atom. The van der Waals surface area contributed by atoms with Crippen LogP contribution in [0.4, 0.5) is 5.69 Å². The largest absolute Gasteiger partial charge is 0.490 e. The van der Waals surface area contributed by atoms with Crippen LogP contribution in [0.25, 0.3) is 5.82 Å². The van der Waals surface area contributed by atoms with Crippen molar-refractivity contribution in [3.05, 3.63) is 54.7 Å². The van der Waals surface area contributed by atoms with Crippen LogP contribution in [0.5, 0.6) is 11.5 Å². The molecule has 8 heteroatoms. The molecule has 2 aromatic heterocycles. The van der Waals surface area contributed by atoms with Crippen LogP contribution in [0.2, 0.25) is 0 Å². The average Bonchev–Trinajstić information content (AvgIpc) is 3.26. The minimum Gasteiger partial charge on any atom is -0.490 e. The first-order chi connectivity index (χ1) is 13.7. The topological polar surface area (TPSA) is 91.2 Å². The van der Waals surface area contributed by atoms with Crippen molar-refractivity contribution < 1.29 is 14.3 Å². The number of benzene rings is 1. The summed E-state index contributed by atoms with van der Waals surface area (Å²) in [6.07, 6.45) is 6.28. The summed E-state index contributed by atoms with van der Waals surface area (Å²) in [5, 5.41) is 6.91. The number of nitrogens with zero attached hydrogens (tertiary/aromatic N) is 4. The van der Waals surface area contributed by atoms with Crippen LogP contribution in [-0.4, -0.2) is 38.9 Å². The molecule has 28 heavy (non-hydrogen) atoms. The summed E-state index contributed by atoms with van der Waals surface area (Å²) in [5.41, 5.74) is 1.09. The van der Waals surface area contributed by atoms with E-state index in [0.717, 1.165) is 12.8 Å². The first-order valence-corrected chi connectivity index (χ1v) is 9.23. The number of anilines is 1. The second-order valence-corrected chi connectivity index (χ2v) is 6.06. The van der Waals surface area contributed by atoms with Gasteiger partial charge in [-0.3, -0.25) is 4.79 Å². The van der Waals surface area contributed by atoms with Gasteiger partial charge in [-0.2, -0.15) is 5.10 Å². The van der Waals surface area contributed by atoms with E-state index in [4.69, 9.17) is 9.47 Å². The SMILES string of the molecule is CCCOc1ccc(NC(=O)c2ccnc(-n3cncn3)c2)cc1OCCC. The first kappa shape index (κ1) is 19.3. The molecule has 0 saturated heterocycles. The van der Waals surface area contributed by atoms with Gasteiger partial charge in [0.1, 0.15) is 12.7 Å². The molecule has 0 saturated carbocycles. The van der Waals surface area contributed by atoms with Gasteiger partial charge in [-0.1, -0.05) is 13.8 Å². The van der Waals surface area contributed by atoms with Crippen molar-refractivity contribution in [2.75, 3.05) is 18.5 Å². The van der Waals surface area contributed by atoms with Crippen molar-refractivity contribution in [3.8, 4) is 17.3 Å². The number of pyridine rings is 1. The lowest BCUT2D eigenvalue weighted by molar-refractivity contribution is 0.102. The molecule has 3 aromatic rings. The van der Waals surface area contributed by atoms with E-state index in [2.05, 4.69) is 20.4 Å². The van der Waals surface area contributed by atoms with Gasteiger partial charge in [0, 0.05) is 23.5 Å². The lowest BCUT2D eigenvalue weighted by Gasteiger charge is -2.14. The zero-order valence-corrected chi connectivity index (χ0v) is 16.0. The molecule has 2 heterocycles. The molecule has 146 valence electrons. The third-order valence-electron chi connectivity index (χ3n) is 3.79. The molecule has 0 aliphatic heterocycles. The van der Waals surface area contributed by atoms with Crippen molar-refractivity contribution in [2.24, 2.45) is 0 Å². The molecule has 0 fully saturated rings. The smallest absolute Gasteiger partial charge is 0.255 e. The summed E-state index contributed by atoms with van der Waals surface area (Å²) < 4.78 is 13.0. The predicted molar refractivity (Wildman–Crippen MR) is 105 cm³/mol. The van der Waals surface area contributed by atoms with Gasteiger partial charge in [0.05, 0.1) is 13.2 Å².